The van der Waals surface area contributed by atoms with Crippen LogP contribution in [0.15, 0.2) is 12.5 Å². The normalized spacial score (nSPS) is 16.3. The summed E-state index contributed by atoms with van der Waals surface area (Å²) < 4.78 is 0. The van der Waals surface area contributed by atoms with Gasteiger partial charge in [0.25, 0.3) is 0 Å². The van der Waals surface area contributed by atoms with Crippen molar-refractivity contribution in [2.75, 3.05) is 0 Å². The fourth-order valence-corrected chi connectivity index (χ4v) is 2.81. The van der Waals surface area contributed by atoms with Crippen molar-refractivity contribution in [3.63, 3.8) is 0 Å². The Bertz CT molecular complexity index is 858. The molecule has 6 atom stereocenters. The summed E-state index contributed by atoms with van der Waals surface area (Å²) in [6.45, 7) is 2.31. The second-order valence-corrected chi connectivity index (χ2v) is 7.67. The van der Waals surface area contributed by atoms with Crippen LogP contribution in [0, 0.1) is 0 Å². The first-order chi connectivity index (χ1) is 15.8. The first kappa shape index (κ1) is 28.5. The summed E-state index contributed by atoms with van der Waals surface area (Å²) in [6, 6.07) is -5.87. The van der Waals surface area contributed by atoms with Gasteiger partial charge < -0.3 is 47.1 Å². The number of imidazole rings is 1. The molecule has 3 amide bonds. The molecule has 15 heteroatoms. The first-order valence-electron chi connectivity index (χ1n) is 10.3. The number of carboxylic acid groups (broad SMARTS) is 2. The van der Waals surface area contributed by atoms with E-state index < -0.39 is 66.0 Å². The predicted octanol–water partition coefficient (Wildman–Crippen LogP) is -3.56. The zero-order valence-corrected chi connectivity index (χ0v) is 18.6. The smallest absolute Gasteiger partial charge is 0.328 e. The third-order valence-corrected chi connectivity index (χ3v) is 4.73. The van der Waals surface area contributed by atoms with Gasteiger partial charge in [-0.05, 0) is 20.3 Å². The number of hydrogen-bond acceptors (Lipinski definition) is 9. The maximum Gasteiger partial charge on any atom is 0.328 e. The highest BCUT2D eigenvalue weighted by Gasteiger charge is 2.34. The lowest BCUT2D eigenvalue weighted by Gasteiger charge is -2.27. The Hall–Kier alpha value is -3.56. The lowest BCUT2D eigenvalue weighted by molar-refractivity contribution is -0.146. The van der Waals surface area contributed by atoms with Gasteiger partial charge in [0.05, 0.1) is 24.6 Å². The molecule has 0 fully saturated rings. The highest BCUT2D eigenvalue weighted by molar-refractivity contribution is 5.94. The topological polar surface area (TPSA) is 257 Å². The van der Waals surface area contributed by atoms with Gasteiger partial charge in [0.2, 0.25) is 17.7 Å². The number of carboxylic acids is 2. The summed E-state index contributed by atoms with van der Waals surface area (Å²) >= 11 is 0. The van der Waals surface area contributed by atoms with Gasteiger partial charge in [-0.1, -0.05) is 0 Å². The number of aromatic amines is 1. The summed E-state index contributed by atoms with van der Waals surface area (Å²) in [5.74, 6) is -5.50. The van der Waals surface area contributed by atoms with E-state index in [1.165, 1.54) is 19.4 Å². The quantitative estimate of drug-likeness (QED) is 0.124. The van der Waals surface area contributed by atoms with Gasteiger partial charge in [-0.2, -0.15) is 0 Å². The van der Waals surface area contributed by atoms with Crippen molar-refractivity contribution in [1.29, 1.82) is 0 Å². The van der Waals surface area contributed by atoms with Gasteiger partial charge in [0.1, 0.15) is 12.1 Å². The van der Waals surface area contributed by atoms with Crippen LogP contribution in [0.3, 0.4) is 0 Å². The minimum Gasteiger partial charge on any atom is -0.481 e. The fraction of sp³-hybridized carbons (Fsp3) is 0.579. The number of nitrogens with one attached hydrogen (secondary N) is 4. The molecule has 0 bridgehead atoms. The summed E-state index contributed by atoms with van der Waals surface area (Å²) in [5, 5.41) is 44.1. The van der Waals surface area contributed by atoms with Crippen molar-refractivity contribution >= 4 is 29.7 Å². The highest BCUT2D eigenvalue weighted by Crippen LogP contribution is 2.04. The summed E-state index contributed by atoms with van der Waals surface area (Å²) in [5.41, 5.74) is 6.11. The van der Waals surface area contributed by atoms with Gasteiger partial charge in [0.15, 0.2) is 6.04 Å². The SMILES string of the molecule is CC(O)C(NC(=O)C(NC(=O)C(Cc1cnc[nH]1)NC(=O)C(N)CCC(=O)O)C(C)O)C(=O)O. The van der Waals surface area contributed by atoms with Crippen LogP contribution in [0.25, 0.3) is 0 Å². The Morgan fingerprint density at radius 2 is 1.56 bits per heavy atom. The Labute approximate surface area is 194 Å². The third-order valence-electron chi connectivity index (χ3n) is 4.73. The van der Waals surface area contributed by atoms with Gasteiger partial charge in [0, 0.05) is 24.7 Å². The number of aliphatic hydroxyl groups excluding tert-OH is 2. The molecule has 15 nitrogen and oxygen atoms in total. The van der Waals surface area contributed by atoms with Crippen molar-refractivity contribution < 1.29 is 44.4 Å². The molecule has 190 valence electrons. The van der Waals surface area contributed by atoms with Crippen LogP contribution in [0.1, 0.15) is 32.4 Å². The summed E-state index contributed by atoms with van der Waals surface area (Å²) in [6.07, 6.45) is -0.907. The molecule has 6 unspecified atom stereocenters. The fourth-order valence-electron chi connectivity index (χ4n) is 2.81. The van der Waals surface area contributed by atoms with E-state index in [0.29, 0.717) is 5.69 Å². The van der Waals surface area contributed by atoms with Crippen LogP contribution < -0.4 is 21.7 Å². The molecule has 0 aliphatic heterocycles. The Morgan fingerprint density at radius 1 is 0.971 bits per heavy atom. The molecule has 1 aromatic heterocycles. The Balaban J connectivity index is 3.00. The van der Waals surface area contributed by atoms with E-state index in [4.69, 9.17) is 15.9 Å². The molecular formula is C19H30N6O9. The Morgan fingerprint density at radius 3 is 2.03 bits per heavy atom. The maximum atomic E-state index is 12.9. The van der Waals surface area contributed by atoms with Gasteiger partial charge in [-0.3, -0.25) is 19.2 Å². The number of aliphatic carboxylic acids is 2. The van der Waals surface area contributed by atoms with Gasteiger partial charge in [-0.25, -0.2) is 9.78 Å². The standard InChI is InChI=1S/C19H30N6O9/c1-8(26)14(18(32)25-15(9(2)27)19(33)34)24-17(31)12(5-10-6-21-7-22-10)23-16(30)11(20)3-4-13(28)29/h6-9,11-12,14-15,26-27H,3-5,20H2,1-2H3,(H,21,22)(H,23,30)(H,24,31)(H,25,32)(H,28,29)(H,33,34). The lowest BCUT2D eigenvalue weighted by Crippen LogP contribution is -2.61. The molecule has 0 aliphatic rings. The van der Waals surface area contributed by atoms with Crippen molar-refractivity contribution in [2.45, 2.75) is 69.5 Å². The van der Waals surface area contributed by atoms with E-state index in [1.54, 1.807) is 0 Å². The van der Waals surface area contributed by atoms with E-state index >= 15 is 0 Å². The number of rotatable bonds is 14. The summed E-state index contributed by atoms with van der Waals surface area (Å²) in [4.78, 5) is 66.3. The number of hydrogen-bond donors (Lipinski definition) is 9. The lowest BCUT2D eigenvalue weighted by atomic mass is 10.1. The minimum atomic E-state index is -1.70. The zero-order chi connectivity index (χ0) is 26.0. The van der Waals surface area contributed by atoms with Crippen molar-refractivity contribution in [3.8, 4) is 0 Å². The van der Waals surface area contributed by atoms with E-state index in [9.17, 15) is 34.2 Å². The van der Waals surface area contributed by atoms with E-state index in [0.717, 1.165) is 6.92 Å². The van der Waals surface area contributed by atoms with Crippen molar-refractivity contribution in [1.82, 2.24) is 25.9 Å². The van der Waals surface area contributed by atoms with Gasteiger partial charge in [-0.15, -0.1) is 0 Å². The molecule has 1 rings (SSSR count). The van der Waals surface area contributed by atoms with E-state index in [-0.39, 0.29) is 19.3 Å². The first-order valence-corrected chi connectivity index (χ1v) is 10.3. The van der Waals surface area contributed by atoms with Crippen LogP contribution in [-0.4, -0.2) is 96.4 Å². The highest BCUT2D eigenvalue weighted by atomic mass is 16.4. The number of carbonyl (C=O) groups is 5. The molecule has 0 saturated carbocycles. The molecular weight excluding hydrogens is 456 g/mol. The van der Waals surface area contributed by atoms with E-state index in [1.807, 2.05) is 5.32 Å². The zero-order valence-electron chi connectivity index (χ0n) is 18.6. The average molecular weight is 486 g/mol. The van der Waals surface area contributed by atoms with Crippen LogP contribution in [-0.2, 0) is 30.4 Å². The number of H-pyrrole nitrogens is 1. The number of nitrogens with two attached hydrogens (primary N) is 1. The average Bonchev–Trinajstić information content (AvgIpc) is 3.25. The molecule has 10 N–H and O–H groups in total. The molecule has 0 aromatic carbocycles. The number of aliphatic hydroxyl groups is 2. The number of carbonyl (C=O) groups excluding carboxylic acids is 3. The Kier molecular flexibility index (Phi) is 11.1. The largest absolute Gasteiger partial charge is 0.481 e. The minimum absolute atomic E-state index is 0.122. The number of nitrogens with zero attached hydrogens (tertiary/aromatic N) is 1. The molecule has 0 saturated heterocycles. The number of amides is 3. The van der Waals surface area contributed by atoms with Crippen LogP contribution >= 0.6 is 0 Å². The molecule has 0 aliphatic carbocycles. The van der Waals surface area contributed by atoms with Crippen LogP contribution in [0.5, 0.6) is 0 Å². The van der Waals surface area contributed by atoms with Gasteiger partial charge >= 0.3 is 11.9 Å². The molecule has 0 radical (unpaired) electrons. The molecule has 0 spiro atoms. The predicted molar refractivity (Wildman–Crippen MR) is 114 cm³/mol. The molecule has 1 aromatic rings. The second kappa shape index (κ2) is 13.2. The van der Waals surface area contributed by atoms with Crippen LogP contribution in [0.4, 0.5) is 0 Å². The van der Waals surface area contributed by atoms with Crippen LogP contribution in [0.2, 0.25) is 0 Å². The number of aromatic nitrogens is 2. The third kappa shape index (κ3) is 9.13. The molecule has 1 heterocycles. The second-order valence-electron chi connectivity index (χ2n) is 7.67. The maximum absolute atomic E-state index is 12.9. The molecule has 34 heavy (non-hydrogen) atoms. The summed E-state index contributed by atoms with van der Waals surface area (Å²) in [7, 11) is 0. The monoisotopic (exact) mass is 486 g/mol. The van der Waals surface area contributed by atoms with Crippen molar-refractivity contribution in [2.24, 2.45) is 5.73 Å². The van der Waals surface area contributed by atoms with Crippen molar-refractivity contribution in [3.05, 3.63) is 18.2 Å². The van der Waals surface area contributed by atoms with E-state index in [2.05, 4.69) is 20.6 Å².